The second-order valence-corrected chi connectivity index (χ2v) is 14.6. The van der Waals surface area contributed by atoms with E-state index in [-0.39, 0.29) is 0 Å². The van der Waals surface area contributed by atoms with Gasteiger partial charge in [-0.15, -0.1) is 0 Å². The summed E-state index contributed by atoms with van der Waals surface area (Å²) in [4.78, 5) is 0. The molecular formula is C11H22GeN2. The summed E-state index contributed by atoms with van der Waals surface area (Å²) in [7, 11) is 0. The molecule has 1 heterocycles. The molecule has 1 aromatic heterocycles. The average Bonchev–Trinajstić information content (AvgIpc) is 2.51. The van der Waals surface area contributed by atoms with E-state index in [2.05, 4.69) is 44.3 Å². The number of hydrogen-bond donors (Lipinski definition) is 0. The van der Waals surface area contributed by atoms with Crippen LogP contribution in [0.3, 0.4) is 0 Å². The Morgan fingerprint density at radius 3 is 1.93 bits per heavy atom. The van der Waals surface area contributed by atoms with Crippen molar-refractivity contribution in [2.24, 2.45) is 0 Å². The van der Waals surface area contributed by atoms with E-state index in [0.29, 0.717) is 0 Å². The summed E-state index contributed by atoms with van der Waals surface area (Å²) < 4.78 is 2.41. The van der Waals surface area contributed by atoms with Crippen molar-refractivity contribution < 1.29 is 0 Å². The molecule has 1 aromatic rings. The summed E-state index contributed by atoms with van der Waals surface area (Å²) in [6, 6.07) is 2.21. The fourth-order valence-electron chi connectivity index (χ4n) is 2.31. The fraction of sp³-hybridized carbons (Fsp3) is 0.727. The molecule has 2 nitrogen and oxygen atoms in total. The van der Waals surface area contributed by atoms with Gasteiger partial charge in [0.15, 0.2) is 0 Å². The zero-order valence-electron chi connectivity index (χ0n) is 10.1. The SMILES string of the molecule is C[CH2][Ge]([CH2]C)([CH2]C)[n]1nc(C)cc1C. The van der Waals surface area contributed by atoms with Crippen molar-refractivity contribution in [3.8, 4) is 0 Å². The second kappa shape index (κ2) is 4.51. The van der Waals surface area contributed by atoms with E-state index in [4.69, 9.17) is 5.10 Å². The Kier molecular flexibility index (Phi) is 3.81. The van der Waals surface area contributed by atoms with E-state index in [1.165, 1.54) is 27.1 Å². The van der Waals surface area contributed by atoms with Crippen molar-refractivity contribution in [1.82, 2.24) is 8.74 Å². The van der Waals surface area contributed by atoms with Crippen molar-refractivity contribution in [3.63, 3.8) is 0 Å². The maximum absolute atomic E-state index is 4.70. The van der Waals surface area contributed by atoms with Gasteiger partial charge in [0.05, 0.1) is 0 Å². The predicted molar refractivity (Wildman–Crippen MR) is 64.3 cm³/mol. The molecule has 0 saturated heterocycles. The molecule has 0 bridgehead atoms. The van der Waals surface area contributed by atoms with Gasteiger partial charge in [0.25, 0.3) is 0 Å². The monoisotopic (exact) mass is 256 g/mol. The quantitative estimate of drug-likeness (QED) is 0.754. The van der Waals surface area contributed by atoms with E-state index in [1.807, 2.05) is 0 Å². The van der Waals surface area contributed by atoms with Crippen molar-refractivity contribution in [2.75, 3.05) is 0 Å². The zero-order chi connectivity index (χ0) is 10.8. The summed E-state index contributed by atoms with van der Waals surface area (Å²) in [6.45, 7) is 11.3. The van der Waals surface area contributed by atoms with Crippen LogP contribution in [0.5, 0.6) is 0 Å². The molecule has 0 spiro atoms. The fourth-order valence-corrected chi connectivity index (χ4v) is 9.82. The summed E-state index contributed by atoms with van der Waals surface area (Å²) in [5.74, 6) is 0. The van der Waals surface area contributed by atoms with E-state index in [0.717, 1.165) is 0 Å². The van der Waals surface area contributed by atoms with Crippen LogP contribution in [0, 0.1) is 13.8 Å². The van der Waals surface area contributed by atoms with Crippen molar-refractivity contribution in [2.45, 2.75) is 50.4 Å². The molecule has 1 rings (SSSR count). The number of aromatic nitrogens is 2. The Labute approximate surface area is 90.3 Å². The first-order valence-electron chi connectivity index (χ1n) is 5.63. The Hall–Kier alpha value is -0.247. The molecule has 0 atom stereocenters. The standard InChI is InChI=1S/C11H22GeN2/c1-6-12(7-2,8-3)14-11(5)9-10(4)13-14/h9H,6-8H2,1-5H3. The molecule has 0 aromatic carbocycles. The van der Waals surface area contributed by atoms with Crippen LogP contribution in [0.2, 0.25) is 15.8 Å². The van der Waals surface area contributed by atoms with Gasteiger partial charge in [-0.2, -0.15) is 0 Å². The topological polar surface area (TPSA) is 17.8 Å². The molecular weight excluding hydrogens is 233 g/mol. The van der Waals surface area contributed by atoms with Crippen molar-refractivity contribution in [1.29, 1.82) is 0 Å². The van der Waals surface area contributed by atoms with Crippen LogP contribution in [-0.4, -0.2) is 22.2 Å². The van der Waals surface area contributed by atoms with Gasteiger partial charge in [0, 0.05) is 0 Å². The van der Waals surface area contributed by atoms with Gasteiger partial charge in [-0.25, -0.2) is 0 Å². The summed E-state index contributed by atoms with van der Waals surface area (Å²) in [6.07, 6.45) is 0. The molecule has 0 radical (unpaired) electrons. The average molecular weight is 255 g/mol. The molecule has 0 aliphatic carbocycles. The van der Waals surface area contributed by atoms with Crippen LogP contribution >= 0.6 is 0 Å². The van der Waals surface area contributed by atoms with E-state index in [1.54, 1.807) is 0 Å². The Morgan fingerprint density at radius 1 is 1.14 bits per heavy atom. The van der Waals surface area contributed by atoms with Crippen LogP contribution in [-0.2, 0) is 0 Å². The van der Waals surface area contributed by atoms with E-state index in [9.17, 15) is 0 Å². The summed E-state index contributed by atoms with van der Waals surface area (Å²) >= 11 is -1.85. The molecule has 80 valence electrons. The molecule has 0 aliphatic rings. The third-order valence-electron chi connectivity index (χ3n) is 3.43. The molecule has 14 heavy (non-hydrogen) atoms. The van der Waals surface area contributed by atoms with Crippen LogP contribution in [0.15, 0.2) is 6.07 Å². The Balaban J connectivity index is 3.16. The van der Waals surface area contributed by atoms with Crippen LogP contribution < -0.4 is 0 Å². The molecule has 3 heteroatoms. The van der Waals surface area contributed by atoms with Crippen molar-refractivity contribution in [3.05, 3.63) is 17.5 Å². The molecule has 0 fully saturated rings. The third-order valence-corrected chi connectivity index (χ3v) is 14.6. The van der Waals surface area contributed by atoms with Crippen LogP contribution in [0.25, 0.3) is 0 Å². The summed E-state index contributed by atoms with van der Waals surface area (Å²) in [5, 5.41) is 8.72. The number of hydrogen-bond acceptors (Lipinski definition) is 1. The molecule has 0 saturated carbocycles. The predicted octanol–water partition coefficient (Wildman–Crippen LogP) is 3.35. The van der Waals surface area contributed by atoms with Gasteiger partial charge in [-0.05, 0) is 0 Å². The van der Waals surface area contributed by atoms with E-state index < -0.39 is 13.5 Å². The van der Waals surface area contributed by atoms with Crippen LogP contribution in [0.4, 0.5) is 0 Å². The molecule has 0 unspecified atom stereocenters. The normalized spacial score (nSPS) is 12.1. The van der Waals surface area contributed by atoms with Crippen molar-refractivity contribution >= 4 is 13.5 Å². The van der Waals surface area contributed by atoms with Gasteiger partial charge in [-0.3, -0.25) is 0 Å². The molecule has 0 N–H and O–H groups in total. The maximum atomic E-state index is 4.70. The zero-order valence-corrected chi connectivity index (χ0v) is 12.2. The first kappa shape index (κ1) is 11.8. The van der Waals surface area contributed by atoms with Crippen LogP contribution in [0.1, 0.15) is 32.2 Å². The van der Waals surface area contributed by atoms with Gasteiger partial charge in [0.2, 0.25) is 0 Å². The number of nitrogens with zero attached hydrogens (tertiary/aromatic N) is 2. The molecule has 0 aliphatic heterocycles. The van der Waals surface area contributed by atoms with Gasteiger partial charge < -0.3 is 0 Å². The van der Waals surface area contributed by atoms with Gasteiger partial charge in [-0.1, -0.05) is 0 Å². The third kappa shape index (κ3) is 1.90. The molecule has 0 amide bonds. The first-order valence-corrected chi connectivity index (χ1v) is 11.0. The van der Waals surface area contributed by atoms with Gasteiger partial charge >= 0.3 is 90.1 Å². The Morgan fingerprint density at radius 2 is 1.64 bits per heavy atom. The number of rotatable bonds is 4. The van der Waals surface area contributed by atoms with E-state index >= 15 is 0 Å². The summed E-state index contributed by atoms with van der Waals surface area (Å²) in [5.41, 5.74) is 2.54. The Bertz CT molecular complexity index is 292. The first-order chi connectivity index (χ1) is 6.59. The second-order valence-electron chi connectivity index (χ2n) is 4.12. The number of aryl methyl sites for hydroxylation is 2. The minimum atomic E-state index is -1.85. The minimum absolute atomic E-state index is 1.17. The van der Waals surface area contributed by atoms with Gasteiger partial charge in [0.1, 0.15) is 0 Å².